The molecule has 0 bridgehead atoms. The Labute approximate surface area is 138 Å². The van der Waals surface area contributed by atoms with Gasteiger partial charge in [0.25, 0.3) is 0 Å². The van der Waals surface area contributed by atoms with Crippen molar-refractivity contribution in [2.75, 3.05) is 0 Å². The highest BCUT2D eigenvalue weighted by atomic mass is 16.6. The van der Waals surface area contributed by atoms with E-state index in [4.69, 9.17) is 4.74 Å². The van der Waals surface area contributed by atoms with E-state index in [1.165, 1.54) is 11.1 Å². The molecule has 0 saturated carbocycles. The lowest BCUT2D eigenvalue weighted by Crippen LogP contribution is -2.44. The van der Waals surface area contributed by atoms with Crippen LogP contribution < -0.4 is 5.32 Å². The number of hydrogen-bond donors (Lipinski definition) is 2. The van der Waals surface area contributed by atoms with Gasteiger partial charge in [-0.3, -0.25) is 0 Å². The molecule has 1 aromatic carbocycles. The first-order chi connectivity index (χ1) is 10.7. The van der Waals surface area contributed by atoms with Crippen LogP contribution in [0.2, 0.25) is 0 Å². The Bertz CT molecular complexity index is 561. The highest BCUT2D eigenvalue weighted by Crippen LogP contribution is 2.15. The number of amides is 1. The zero-order chi connectivity index (χ0) is 17.6. The Morgan fingerprint density at radius 1 is 1.17 bits per heavy atom. The van der Waals surface area contributed by atoms with Gasteiger partial charge in [-0.2, -0.15) is 0 Å². The van der Waals surface area contributed by atoms with Gasteiger partial charge >= 0.3 is 12.1 Å². The number of aliphatic carboxylic acids is 1. The number of carbonyl (C=O) groups is 2. The minimum absolute atomic E-state index is 0.228. The van der Waals surface area contributed by atoms with Gasteiger partial charge in [-0.15, -0.1) is 0 Å². The minimum atomic E-state index is -1.08. The van der Waals surface area contributed by atoms with E-state index < -0.39 is 23.7 Å². The van der Waals surface area contributed by atoms with E-state index >= 15 is 0 Å². The number of alkyl carbamates (subject to hydrolysis) is 1. The lowest BCUT2D eigenvalue weighted by atomic mass is 9.97. The van der Waals surface area contributed by atoms with Crippen molar-refractivity contribution in [2.24, 2.45) is 0 Å². The first-order valence-electron chi connectivity index (χ1n) is 7.99. The SMILES string of the molecule is CCc1ccc(C[C@@H](NC(=O)OC(C)(C)C)C(=O)O)cc1CC. The average molecular weight is 321 g/mol. The number of ether oxygens (including phenoxy) is 1. The molecule has 1 rings (SSSR count). The van der Waals surface area contributed by atoms with Crippen LogP contribution in [0.15, 0.2) is 18.2 Å². The molecule has 5 nitrogen and oxygen atoms in total. The molecule has 23 heavy (non-hydrogen) atoms. The molecular weight excluding hydrogens is 294 g/mol. The smallest absolute Gasteiger partial charge is 0.408 e. The zero-order valence-electron chi connectivity index (χ0n) is 14.6. The fraction of sp³-hybridized carbons (Fsp3) is 0.556. The number of hydrogen-bond acceptors (Lipinski definition) is 3. The third-order valence-electron chi connectivity index (χ3n) is 3.46. The average Bonchev–Trinajstić information content (AvgIpc) is 2.44. The van der Waals surface area contributed by atoms with Crippen LogP contribution in [0, 0.1) is 0 Å². The van der Waals surface area contributed by atoms with E-state index in [1.54, 1.807) is 20.8 Å². The summed E-state index contributed by atoms with van der Waals surface area (Å²) in [6, 6.07) is 4.96. The Hall–Kier alpha value is -2.04. The van der Waals surface area contributed by atoms with E-state index in [2.05, 4.69) is 19.2 Å². The third kappa shape index (κ3) is 6.30. The molecule has 5 heteroatoms. The monoisotopic (exact) mass is 321 g/mol. The van der Waals surface area contributed by atoms with Crippen LogP contribution in [0.25, 0.3) is 0 Å². The van der Waals surface area contributed by atoms with Crippen molar-refractivity contribution < 1.29 is 19.4 Å². The number of nitrogens with one attached hydrogen (secondary N) is 1. The molecule has 0 heterocycles. The second-order valence-corrected chi connectivity index (χ2v) is 6.55. The molecule has 0 fully saturated rings. The Morgan fingerprint density at radius 3 is 2.26 bits per heavy atom. The summed E-state index contributed by atoms with van der Waals surface area (Å²) in [5.41, 5.74) is 2.71. The maximum atomic E-state index is 11.8. The van der Waals surface area contributed by atoms with E-state index in [9.17, 15) is 14.7 Å². The molecule has 1 aromatic rings. The van der Waals surface area contributed by atoms with Gasteiger partial charge in [0.05, 0.1) is 0 Å². The van der Waals surface area contributed by atoms with Gasteiger partial charge in [0.15, 0.2) is 0 Å². The van der Waals surface area contributed by atoms with Gasteiger partial charge in [-0.1, -0.05) is 32.0 Å². The summed E-state index contributed by atoms with van der Waals surface area (Å²) in [6.45, 7) is 9.38. The molecule has 1 amide bonds. The lowest BCUT2D eigenvalue weighted by molar-refractivity contribution is -0.139. The summed E-state index contributed by atoms with van der Waals surface area (Å²) in [7, 11) is 0. The molecule has 0 aliphatic carbocycles. The molecule has 0 aliphatic heterocycles. The van der Waals surface area contributed by atoms with Gasteiger partial charge in [-0.25, -0.2) is 9.59 Å². The Kier molecular flexibility index (Phi) is 6.61. The Morgan fingerprint density at radius 2 is 1.78 bits per heavy atom. The van der Waals surface area contributed by atoms with E-state index in [0.717, 1.165) is 18.4 Å². The van der Waals surface area contributed by atoms with Crippen molar-refractivity contribution in [1.29, 1.82) is 0 Å². The van der Waals surface area contributed by atoms with Gasteiger partial charge in [0, 0.05) is 6.42 Å². The number of carboxylic acid groups (broad SMARTS) is 1. The van der Waals surface area contributed by atoms with Crippen LogP contribution in [-0.2, 0) is 28.8 Å². The second kappa shape index (κ2) is 7.99. The molecule has 0 spiro atoms. The van der Waals surface area contributed by atoms with Crippen LogP contribution >= 0.6 is 0 Å². The number of aryl methyl sites for hydroxylation is 2. The van der Waals surface area contributed by atoms with Crippen LogP contribution in [0.3, 0.4) is 0 Å². The fourth-order valence-corrected chi connectivity index (χ4v) is 2.37. The molecule has 128 valence electrons. The third-order valence-corrected chi connectivity index (χ3v) is 3.46. The van der Waals surface area contributed by atoms with Crippen molar-refractivity contribution in [1.82, 2.24) is 5.32 Å². The Balaban J connectivity index is 2.84. The summed E-state index contributed by atoms with van der Waals surface area (Å²) in [4.78, 5) is 23.2. The fourth-order valence-electron chi connectivity index (χ4n) is 2.37. The van der Waals surface area contributed by atoms with Crippen molar-refractivity contribution in [3.05, 3.63) is 34.9 Å². The number of rotatable bonds is 6. The molecular formula is C18H27NO4. The van der Waals surface area contributed by atoms with Crippen molar-refractivity contribution in [3.8, 4) is 0 Å². The summed E-state index contributed by atoms with van der Waals surface area (Å²) in [5, 5.41) is 11.8. The second-order valence-electron chi connectivity index (χ2n) is 6.55. The van der Waals surface area contributed by atoms with Crippen LogP contribution in [0.4, 0.5) is 4.79 Å². The largest absolute Gasteiger partial charge is 0.480 e. The molecule has 1 atom stereocenters. The van der Waals surface area contributed by atoms with Crippen LogP contribution in [0.5, 0.6) is 0 Å². The van der Waals surface area contributed by atoms with Gasteiger partial charge < -0.3 is 15.2 Å². The highest BCUT2D eigenvalue weighted by Gasteiger charge is 2.24. The minimum Gasteiger partial charge on any atom is -0.480 e. The number of benzene rings is 1. The maximum absolute atomic E-state index is 11.8. The molecule has 2 N–H and O–H groups in total. The molecule has 0 saturated heterocycles. The first-order valence-corrected chi connectivity index (χ1v) is 7.99. The van der Waals surface area contributed by atoms with Crippen LogP contribution in [-0.4, -0.2) is 28.8 Å². The maximum Gasteiger partial charge on any atom is 0.408 e. The van der Waals surface area contributed by atoms with Crippen molar-refractivity contribution in [3.63, 3.8) is 0 Å². The first kappa shape index (κ1) is 19.0. The quantitative estimate of drug-likeness (QED) is 0.842. The summed E-state index contributed by atoms with van der Waals surface area (Å²) >= 11 is 0. The normalized spacial score (nSPS) is 12.6. The van der Waals surface area contributed by atoms with E-state index in [-0.39, 0.29) is 6.42 Å². The molecule has 0 aromatic heterocycles. The van der Waals surface area contributed by atoms with E-state index in [1.807, 2.05) is 18.2 Å². The summed E-state index contributed by atoms with van der Waals surface area (Å²) < 4.78 is 5.12. The lowest BCUT2D eigenvalue weighted by Gasteiger charge is -2.22. The van der Waals surface area contributed by atoms with Gasteiger partial charge in [-0.05, 0) is 50.3 Å². The molecule has 0 aliphatic rings. The summed E-state index contributed by atoms with van der Waals surface area (Å²) in [5.74, 6) is -1.08. The highest BCUT2D eigenvalue weighted by molar-refractivity contribution is 5.80. The topological polar surface area (TPSA) is 75.6 Å². The summed E-state index contributed by atoms with van der Waals surface area (Å²) in [6.07, 6.45) is 1.35. The number of carbonyl (C=O) groups excluding carboxylic acids is 1. The predicted octanol–water partition coefficient (Wildman–Crippen LogP) is 3.33. The molecule has 0 unspecified atom stereocenters. The van der Waals surface area contributed by atoms with Crippen molar-refractivity contribution in [2.45, 2.75) is 65.5 Å². The van der Waals surface area contributed by atoms with Crippen LogP contribution in [0.1, 0.15) is 51.3 Å². The van der Waals surface area contributed by atoms with Gasteiger partial charge in [0.1, 0.15) is 11.6 Å². The predicted molar refractivity (Wildman–Crippen MR) is 89.7 cm³/mol. The standard InChI is InChI=1S/C18H27NO4/c1-6-13-9-8-12(10-14(13)7-2)11-15(16(20)21)19-17(22)23-18(3,4)5/h8-10,15H,6-7,11H2,1-5H3,(H,19,22)(H,20,21)/t15-/m1/s1. The van der Waals surface area contributed by atoms with Gasteiger partial charge in [0.2, 0.25) is 0 Å². The van der Waals surface area contributed by atoms with E-state index in [0.29, 0.717) is 0 Å². The zero-order valence-corrected chi connectivity index (χ0v) is 14.6. The molecule has 0 radical (unpaired) electrons. The number of carboxylic acids is 1. The van der Waals surface area contributed by atoms with Crippen molar-refractivity contribution >= 4 is 12.1 Å².